The molecule has 1 saturated heterocycles. The number of anilines is 1. The van der Waals surface area contributed by atoms with Crippen LogP contribution in [0.1, 0.15) is 12.8 Å². The average Bonchev–Trinajstić information content (AvgIpc) is 2.78. The maximum Gasteiger partial charge on any atom is 0.292 e. The van der Waals surface area contributed by atoms with Gasteiger partial charge in [-0.2, -0.15) is 11.8 Å². The Kier molecular flexibility index (Phi) is 4.28. The maximum atomic E-state index is 10.9. The van der Waals surface area contributed by atoms with Crippen molar-refractivity contribution in [1.82, 2.24) is 0 Å². The molecule has 17 heavy (non-hydrogen) atoms. The lowest BCUT2D eigenvalue weighted by molar-refractivity contribution is -0.384. The van der Waals surface area contributed by atoms with Crippen molar-refractivity contribution in [2.45, 2.75) is 18.1 Å². The SMILES string of the molecule is O=[N+]([O-])c1ccc(Br)cc1NCC1CCCS1. The zero-order valence-electron chi connectivity index (χ0n) is 9.19. The highest BCUT2D eigenvalue weighted by atomic mass is 79.9. The van der Waals surface area contributed by atoms with Gasteiger partial charge in [-0.25, -0.2) is 0 Å². The lowest BCUT2D eigenvalue weighted by Crippen LogP contribution is -2.14. The van der Waals surface area contributed by atoms with E-state index in [1.165, 1.54) is 24.7 Å². The van der Waals surface area contributed by atoms with Gasteiger partial charge in [0.2, 0.25) is 0 Å². The molecule has 1 fully saturated rings. The summed E-state index contributed by atoms with van der Waals surface area (Å²) in [7, 11) is 0. The Bertz CT molecular complexity index is 422. The van der Waals surface area contributed by atoms with Gasteiger partial charge >= 0.3 is 0 Å². The molecule has 0 aliphatic carbocycles. The molecule has 92 valence electrons. The van der Waals surface area contributed by atoms with Crippen LogP contribution in [-0.2, 0) is 0 Å². The Morgan fingerprint density at radius 2 is 2.41 bits per heavy atom. The fraction of sp³-hybridized carbons (Fsp3) is 0.455. The summed E-state index contributed by atoms with van der Waals surface area (Å²) in [6, 6.07) is 4.97. The first-order valence-electron chi connectivity index (χ1n) is 5.46. The second-order valence-electron chi connectivity index (χ2n) is 3.93. The number of rotatable bonds is 4. The molecule has 6 heteroatoms. The third kappa shape index (κ3) is 3.35. The third-order valence-corrected chi connectivity index (χ3v) is 4.59. The maximum absolute atomic E-state index is 10.9. The summed E-state index contributed by atoms with van der Waals surface area (Å²) in [4.78, 5) is 10.5. The van der Waals surface area contributed by atoms with Crippen LogP contribution in [0.25, 0.3) is 0 Å². The Balaban J connectivity index is 2.07. The van der Waals surface area contributed by atoms with E-state index < -0.39 is 0 Å². The summed E-state index contributed by atoms with van der Waals surface area (Å²) in [5, 5.41) is 14.6. The third-order valence-electron chi connectivity index (χ3n) is 2.70. The molecule has 0 amide bonds. The first kappa shape index (κ1) is 12.7. The molecule has 1 atom stereocenters. The molecule has 1 aliphatic rings. The van der Waals surface area contributed by atoms with Gasteiger partial charge in [-0.15, -0.1) is 0 Å². The molecular weight excluding hydrogens is 304 g/mol. The monoisotopic (exact) mass is 316 g/mol. The number of thioether (sulfide) groups is 1. The minimum Gasteiger partial charge on any atom is -0.378 e. The lowest BCUT2D eigenvalue weighted by atomic mass is 10.2. The minimum absolute atomic E-state index is 0.135. The molecule has 1 aromatic rings. The van der Waals surface area contributed by atoms with Gasteiger partial charge in [0, 0.05) is 22.3 Å². The molecule has 0 bridgehead atoms. The van der Waals surface area contributed by atoms with Crippen molar-refractivity contribution in [2.75, 3.05) is 17.6 Å². The molecule has 2 rings (SSSR count). The van der Waals surface area contributed by atoms with Gasteiger partial charge in [0.15, 0.2) is 0 Å². The fourth-order valence-electron chi connectivity index (χ4n) is 1.84. The smallest absolute Gasteiger partial charge is 0.292 e. The van der Waals surface area contributed by atoms with E-state index in [0.717, 1.165) is 11.0 Å². The van der Waals surface area contributed by atoms with Crippen molar-refractivity contribution in [3.8, 4) is 0 Å². The van der Waals surface area contributed by atoms with E-state index in [0.29, 0.717) is 10.9 Å². The van der Waals surface area contributed by atoms with Gasteiger partial charge in [0.25, 0.3) is 5.69 Å². The number of benzene rings is 1. The Labute approximate surface area is 112 Å². The zero-order valence-corrected chi connectivity index (χ0v) is 11.6. The molecule has 0 saturated carbocycles. The number of nitro groups is 1. The molecule has 1 aromatic carbocycles. The molecule has 1 unspecified atom stereocenters. The largest absolute Gasteiger partial charge is 0.378 e. The summed E-state index contributed by atoms with van der Waals surface area (Å²) in [5.41, 5.74) is 0.730. The standard InChI is InChI=1S/C11H13BrN2O2S/c12-8-3-4-11(14(15)16)10(6-8)13-7-9-2-1-5-17-9/h3-4,6,9,13H,1-2,5,7H2. The van der Waals surface area contributed by atoms with Crippen LogP contribution in [0, 0.1) is 10.1 Å². The number of hydrogen-bond acceptors (Lipinski definition) is 4. The van der Waals surface area contributed by atoms with E-state index in [4.69, 9.17) is 0 Å². The summed E-state index contributed by atoms with van der Waals surface area (Å²) in [6.07, 6.45) is 2.44. The summed E-state index contributed by atoms with van der Waals surface area (Å²) in [5.74, 6) is 1.20. The molecule has 1 heterocycles. The second kappa shape index (κ2) is 5.73. The van der Waals surface area contributed by atoms with Gasteiger partial charge in [0.05, 0.1) is 4.92 Å². The van der Waals surface area contributed by atoms with Crippen molar-refractivity contribution < 1.29 is 4.92 Å². The fourth-order valence-corrected chi connectivity index (χ4v) is 3.40. The van der Waals surface area contributed by atoms with Crippen LogP contribution in [0.3, 0.4) is 0 Å². The van der Waals surface area contributed by atoms with Gasteiger partial charge in [-0.05, 0) is 30.7 Å². The molecule has 0 spiro atoms. The first-order chi connectivity index (χ1) is 8.16. The van der Waals surface area contributed by atoms with E-state index in [2.05, 4.69) is 21.2 Å². The molecular formula is C11H13BrN2O2S. The van der Waals surface area contributed by atoms with E-state index in [9.17, 15) is 10.1 Å². The van der Waals surface area contributed by atoms with Crippen molar-refractivity contribution in [3.05, 3.63) is 32.8 Å². The van der Waals surface area contributed by atoms with E-state index in [-0.39, 0.29) is 10.6 Å². The minimum atomic E-state index is -0.351. The highest BCUT2D eigenvalue weighted by Crippen LogP contribution is 2.30. The Morgan fingerprint density at radius 1 is 1.59 bits per heavy atom. The number of nitrogens with zero attached hydrogens (tertiary/aromatic N) is 1. The topological polar surface area (TPSA) is 55.2 Å². The van der Waals surface area contributed by atoms with Gasteiger partial charge in [-0.3, -0.25) is 10.1 Å². The zero-order chi connectivity index (χ0) is 12.3. The van der Waals surface area contributed by atoms with Crippen LogP contribution in [0.15, 0.2) is 22.7 Å². The summed E-state index contributed by atoms with van der Waals surface area (Å²) < 4.78 is 0.852. The lowest BCUT2D eigenvalue weighted by Gasteiger charge is -2.11. The van der Waals surface area contributed by atoms with Crippen LogP contribution in [-0.4, -0.2) is 22.5 Å². The number of hydrogen-bond donors (Lipinski definition) is 1. The average molecular weight is 317 g/mol. The van der Waals surface area contributed by atoms with Gasteiger partial charge in [0.1, 0.15) is 5.69 Å². The van der Waals surface area contributed by atoms with Crippen molar-refractivity contribution in [1.29, 1.82) is 0 Å². The highest BCUT2D eigenvalue weighted by Gasteiger charge is 2.18. The quantitative estimate of drug-likeness (QED) is 0.680. The van der Waals surface area contributed by atoms with E-state index >= 15 is 0 Å². The normalized spacial score (nSPS) is 19.2. The summed E-state index contributed by atoms with van der Waals surface area (Å²) >= 11 is 5.27. The predicted octanol–water partition coefficient (Wildman–Crippen LogP) is 3.66. The van der Waals surface area contributed by atoms with Crippen LogP contribution in [0.5, 0.6) is 0 Å². The van der Waals surface area contributed by atoms with Gasteiger partial charge in [-0.1, -0.05) is 15.9 Å². The van der Waals surface area contributed by atoms with Crippen molar-refractivity contribution in [3.63, 3.8) is 0 Å². The van der Waals surface area contributed by atoms with Gasteiger partial charge < -0.3 is 5.32 Å². The molecule has 4 nitrogen and oxygen atoms in total. The molecule has 0 aromatic heterocycles. The highest BCUT2D eigenvalue weighted by molar-refractivity contribution is 9.10. The van der Waals surface area contributed by atoms with Crippen LogP contribution >= 0.6 is 27.7 Å². The van der Waals surface area contributed by atoms with E-state index in [1.54, 1.807) is 12.1 Å². The predicted molar refractivity (Wildman–Crippen MR) is 74.8 cm³/mol. The van der Waals surface area contributed by atoms with Crippen LogP contribution in [0.2, 0.25) is 0 Å². The molecule has 1 N–H and O–H groups in total. The van der Waals surface area contributed by atoms with Crippen LogP contribution < -0.4 is 5.32 Å². The van der Waals surface area contributed by atoms with Crippen molar-refractivity contribution in [2.24, 2.45) is 0 Å². The Morgan fingerprint density at radius 3 is 3.06 bits per heavy atom. The first-order valence-corrected chi connectivity index (χ1v) is 7.30. The number of nitro benzene ring substituents is 1. The molecule has 1 aliphatic heterocycles. The Hall–Kier alpha value is -0.750. The molecule has 0 radical (unpaired) electrons. The van der Waals surface area contributed by atoms with Crippen molar-refractivity contribution >= 4 is 39.1 Å². The van der Waals surface area contributed by atoms with E-state index in [1.807, 2.05) is 11.8 Å². The summed E-state index contributed by atoms with van der Waals surface area (Å²) in [6.45, 7) is 0.794. The number of halogens is 1. The second-order valence-corrected chi connectivity index (χ2v) is 6.26. The van der Waals surface area contributed by atoms with Crippen LogP contribution in [0.4, 0.5) is 11.4 Å². The number of nitrogens with one attached hydrogen (secondary N) is 1.